The molecule has 0 fully saturated rings. The molecule has 3 nitrogen and oxygen atoms in total. The first kappa shape index (κ1) is 12.4. The molecule has 1 unspecified atom stereocenters. The van der Waals surface area contributed by atoms with Crippen LogP contribution < -0.4 is 5.32 Å². The number of hydrogen-bond donors (Lipinski definition) is 2. The minimum absolute atomic E-state index is 0.517. The molecule has 2 aromatic carbocycles. The summed E-state index contributed by atoms with van der Waals surface area (Å²) in [5, 5.41) is 14.5. The summed E-state index contributed by atoms with van der Waals surface area (Å²) in [7, 11) is 0. The lowest BCUT2D eigenvalue weighted by Crippen LogP contribution is -2.28. The highest BCUT2D eigenvalue weighted by Gasteiger charge is 2.15. The molecule has 0 amide bonds. The third-order valence-electron chi connectivity index (χ3n) is 2.97. The first-order valence-corrected chi connectivity index (χ1v) is 6.19. The summed E-state index contributed by atoms with van der Waals surface area (Å²) in [5.74, 6) is -0.801. The highest BCUT2D eigenvalue weighted by Crippen LogP contribution is 2.20. The van der Waals surface area contributed by atoms with Gasteiger partial charge in [0, 0.05) is 5.69 Å². The molecule has 94 valence electrons. The molecule has 2 aromatic rings. The van der Waals surface area contributed by atoms with Gasteiger partial charge >= 0.3 is 5.97 Å². The number of aliphatic carboxylic acids is 1. The van der Waals surface area contributed by atoms with E-state index in [1.54, 1.807) is 0 Å². The third-order valence-corrected chi connectivity index (χ3v) is 2.97. The largest absolute Gasteiger partial charge is 0.480 e. The Morgan fingerprint density at radius 2 is 1.94 bits per heavy atom. The van der Waals surface area contributed by atoms with Crippen molar-refractivity contribution in [1.29, 1.82) is 0 Å². The molecule has 0 aliphatic rings. The van der Waals surface area contributed by atoms with Crippen molar-refractivity contribution >= 4 is 22.4 Å². The SMILES string of the molecule is CCCC(Nc1ccc2ccccc2c1)C(=O)O. The molecule has 18 heavy (non-hydrogen) atoms. The van der Waals surface area contributed by atoms with Crippen LogP contribution in [0.3, 0.4) is 0 Å². The minimum atomic E-state index is -0.801. The summed E-state index contributed by atoms with van der Waals surface area (Å²) in [6, 6.07) is 13.4. The summed E-state index contributed by atoms with van der Waals surface area (Å²) in [5.41, 5.74) is 0.856. The van der Waals surface area contributed by atoms with E-state index in [0.29, 0.717) is 6.42 Å². The molecule has 1 atom stereocenters. The van der Waals surface area contributed by atoms with Gasteiger partial charge in [-0.3, -0.25) is 0 Å². The van der Waals surface area contributed by atoms with E-state index in [2.05, 4.69) is 5.32 Å². The van der Waals surface area contributed by atoms with E-state index >= 15 is 0 Å². The fourth-order valence-electron chi connectivity index (χ4n) is 2.03. The normalized spacial score (nSPS) is 12.3. The molecule has 3 heteroatoms. The van der Waals surface area contributed by atoms with Gasteiger partial charge in [-0.15, -0.1) is 0 Å². The molecule has 0 aliphatic heterocycles. The van der Waals surface area contributed by atoms with Crippen molar-refractivity contribution in [2.75, 3.05) is 5.32 Å². The average molecular weight is 243 g/mol. The fourth-order valence-corrected chi connectivity index (χ4v) is 2.03. The third kappa shape index (κ3) is 2.80. The number of anilines is 1. The van der Waals surface area contributed by atoms with Crippen LogP contribution in [0, 0.1) is 0 Å². The van der Waals surface area contributed by atoms with Crippen LogP contribution in [0.4, 0.5) is 5.69 Å². The zero-order chi connectivity index (χ0) is 13.0. The predicted molar refractivity (Wildman–Crippen MR) is 73.9 cm³/mol. The fraction of sp³-hybridized carbons (Fsp3) is 0.267. The monoisotopic (exact) mass is 243 g/mol. The molecular formula is C15H17NO2. The number of carboxylic acids is 1. The Morgan fingerprint density at radius 1 is 1.22 bits per heavy atom. The van der Waals surface area contributed by atoms with Crippen LogP contribution in [0.15, 0.2) is 42.5 Å². The summed E-state index contributed by atoms with van der Waals surface area (Å²) in [6.45, 7) is 1.98. The lowest BCUT2D eigenvalue weighted by molar-refractivity contribution is -0.138. The molecule has 0 saturated heterocycles. The van der Waals surface area contributed by atoms with Gasteiger partial charge in [0.05, 0.1) is 0 Å². The quantitative estimate of drug-likeness (QED) is 0.845. The molecule has 0 radical (unpaired) electrons. The van der Waals surface area contributed by atoms with Crippen LogP contribution in [0.2, 0.25) is 0 Å². The molecule has 2 N–H and O–H groups in total. The van der Waals surface area contributed by atoms with Gasteiger partial charge in [-0.25, -0.2) is 4.79 Å². The highest BCUT2D eigenvalue weighted by atomic mass is 16.4. The summed E-state index contributed by atoms with van der Waals surface area (Å²) in [4.78, 5) is 11.1. The molecule has 0 spiro atoms. The second-order valence-corrected chi connectivity index (χ2v) is 4.39. The Hall–Kier alpha value is -2.03. The van der Waals surface area contributed by atoms with Gasteiger partial charge in [-0.1, -0.05) is 43.7 Å². The van der Waals surface area contributed by atoms with Crippen molar-refractivity contribution in [3.8, 4) is 0 Å². The maximum Gasteiger partial charge on any atom is 0.326 e. The standard InChI is InChI=1S/C15H17NO2/c1-2-5-14(15(17)18)16-13-9-8-11-6-3-4-7-12(11)10-13/h3-4,6-10,14,16H,2,5H2,1H3,(H,17,18). The van der Waals surface area contributed by atoms with Gasteiger partial charge in [0.1, 0.15) is 6.04 Å². The number of rotatable bonds is 5. The topological polar surface area (TPSA) is 49.3 Å². The van der Waals surface area contributed by atoms with Crippen molar-refractivity contribution in [2.45, 2.75) is 25.8 Å². The van der Waals surface area contributed by atoms with Gasteiger partial charge in [0.2, 0.25) is 0 Å². The Labute approximate surface area is 106 Å². The van der Waals surface area contributed by atoms with E-state index in [-0.39, 0.29) is 0 Å². The van der Waals surface area contributed by atoms with Gasteiger partial charge < -0.3 is 10.4 Å². The van der Waals surface area contributed by atoms with Crippen LogP contribution in [-0.2, 0) is 4.79 Å². The Balaban J connectivity index is 2.22. The molecule has 0 aromatic heterocycles. The molecule has 0 aliphatic carbocycles. The van der Waals surface area contributed by atoms with Crippen molar-refractivity contribution in [1.82, 2.24) is 0 Å². The maximum absolute atomic E-state index is 11.1. The van der Waals surface area contributed by atoms with Crippen LogP contribution in [0.1, 0.15) is 19.8 Å². The molecule has 2 rings (SSSR count). The Bertz CT molecular complexity index is 551. The van der Waals surface area contributed by atoms with Crippen molar-refractivity contribution in [2.24, 2.45) is 0 Å². The van der Waals surface area contributed by atoms with Crippen LogP contribution in [0.25, 0.3) is 10.8 Å². The smallest absolute Gasteiger partial charge is 0.326 e. The number of benzene rings is 2. The van der Waals surface area contributed by atoms with Gasteiger partial charge in [0.15, 0.2) is 0 Å². The average Bonchev–Trinajstić information content (AvgIpc) is 2.38. The minimum Gasteiger partial charge on any atom is -0.480 e. The first-order chi connectivity index (χ1) is 8.70. The molecule has 0 saturated carbocycles. The van der Waals surface area contributed by atoms with E-state index in [4.69, 9.17) is 5.11 Å². The summed E-state index contributed by atoms with van der Waals surface area (Å²) < 4.78 is 0. The van der Waals surface area contributed by atoms with E-state index in [9.17, 15) is 4.79 Å². The summed E-state index contributed by atoms with van der Waals surface area (Å²) >= 11 is 0. The molecule has 0 bridgehead atoms. The first-order valence-electron chi connectivity index (χ1n) is 6.19. The number of fused-ring (bicyclic) bond motifs is 1. The number of nitrogens with one attached hydrogen (secondary N) is 1. The van der Waals surface area contributed by atoms with Gasteiger partial charge in [0.25, 0.3) is 0 Å². The van der Waals surface area contributed by atoms with E-state index in [1.807, 2.05) is 49.4 Å². The van der Waals surface area contributed by atoms with E-state index < -0.39 is 12.0 Å². The van der Waals surface area contributed by atoms with Crippen molar-refractivity contribution in [3.05, 3.63) is 42.5 Å². The molecular weight excluding hydrogens is 226 g/mol. The number of hydrogen-bond acceptors (Lipinski definition) is 2. The van der Waals surface area contributed by atoms with Crippen molar-refractivity contribution in [3.63, 3.8) is 0 Å². The second kappa shape index (κ2) is 5.54. The second-order valence-electron chi connectivity index (χ2n) is 4.39. The lowest BCUT2D eigenvalue weighted by Gasteiger charge is -2.15. The zero-order valence-electron chi connectivity index (χ0n) is 10.4. The Morgan fingerprint density at radius 3 is 2.61 bits per heavy atom. The van der Waals surface area contributed by atoms with Gasteiger partial charge in [-0.2, -0.15) is 0 Å². The highest BCUT2D eigenvalue weighted by molar-refractivity contribution is 5.86. The van der Waals surface area contributed by atoms with E-state index in [0.717, 1.165) is 22.9 Å². The Kier molecular flexibility index (Phi) is 3.82. The van der Waals surface area contributed by atoms with Crippen LogP contribution in [-0.4, -0.2) is 17.1 Å². The summed E-state index contributed by atoms with van der Waals surface area (Å²) in [6.07, 6.45) is 1.47. The number of carboxylic acid groups (broad SMARTS) is 1. The van der Waals surface area contributed by atoms with Gasteiger partial charge in [-0.05, 0) is 29.3 Å². The van der Waals surface area contributed by atoms with Crippen LogP contribution >= 0.6 is 0 Å². The lowest BCUT2D eigenvalue weighted by atomic mass is 10.1. The zero-order valence-corrected chi connectivity index (χ0v) is 10.4. The van der Waals surface area contributed by atoms with E-state index in [1.165, 1.54) is 0 Å². The number of carbonyl (C=O) groups is 1. The van der Waals surface area contributed by atoms with Crippen LogP contribution in [0.5, 0.6) is 0 Å². The molecule has 0 heterocycles. The predicted octanol–water partition coefficient (Wildman–Crippen LogP) is 3.51. The maximum atomic E-state index is 11.1. The van der Waals surface area contributed by atoms with Crippen molar-refractivity contribution < 1.29 is 9.90 Å².